The SMILES string of the molecule is COCCOCC(=O)Nc1ccc(N)cc1C#N. The van der Waals surface area contributed by atoms with Gasteiger partial charge >= 0.3 is 0 Å². The second-order valence-electron chi connectivity index (χ2n) is 3.51. The van der Waals surface area contributed by atoms with Gasteiger partial charge in [0.2, 0.25) is 5.91 Å². The molecule has 0 atom stereocenters. The monoisotopic (exact) mass is 249 g/mol. The van der Waals surface area contributed by atoms with Crippen LogP contribution in [-0.2, 0) is 14.3 Å². The molecule has 18 heavy (non-hydrogen) atoms. The smallest absolute Gasteiger partial charge is 0.250 e. The molecule has 6 heteroatoms. The van der Waals surface area contributed by atoms with Gasteiger partial charge in [-0.05, 0) is 18.2 Å². The summed E-state index contributed by atoms with van der Waals surface area (Å²) in [4.78, 5) is 11.5. The molecule has 0 heterocycles. The largest absolute Gasteiger partial charge is 0.399 e. The molecule has 1 amide bonds. The third-order valence-corrected chi connectivity index (χ3v) is 2.10. The predicted molar refractivity (Wildman–Crippen MR) is 66.9 cm³/mol. The quantitative estimate of drug-likeness (QED) is 0.572. The number of benzene rings is 1. The van der Waals surface area contributed by atoms with E-state index in [0.717, 1.165) is 0 Å². The van der Waals surface area contributed by atoms with Gasteiger partial charge in [0.25, 0.3) is 0 Å². The lowest BCUT2D eigenvalue weighted by Gasteiger charge is -2.08. The molecule has 0 radical (unpaired) electrons. The summed E-state index contributed by atoms with van der Waals surface area (Å²) in [6.45, 7) is 0.688. The van der Waals surface area contributed by atoms with Crippen LogP contribution in [0.5, 0.6) is 0 Å². The molecule has 1 rings (SSSR count). The molecule has 0 fully saturated rings. The average Bonchev–Trinajstić information content (AvgIpc) is 2.37. The van der Waals surface area contributed by atoms with Crippen molar-refractivity contribution in [3.8, 4) is 6.07 Å². The number of ether oxygens (including phenoxy) is 2. The van der Waals surface area contributed by atoms with Crippen LogP contribution in [0.1, 0.15) is 5.56 Å². The number of nitrogens with one attached hydrogen (secondary N) is 1. The van der Waals surface area contributed by atoms with Crippen LogP contribution >= 0.6 is 0 Å². The fourth-order valence-electron chi connectivity index (χ4n) is 1.26. The zero-order valence-electron chi connectivity index (χ0n) is 10.1. The Labute approximate surface area is 105 Å². The third-order valence-electron chi connectivity index (χ3n) is 2.10. The number of anilines is 2. The van der Waals surface area contributed by atoms with Crippen LogP contribution in [-0.4, -0.2) is 32.8 Å². The van der Waals surface area contributed by atoms with Crippen LogP contribution < -0.4 is 11.1 Å². The summed E-state index contributed by atoms with van der Waals surface area (Å²) in [5.41, 5.74) is 6.76. The molecular formula is C12H15N3O3. The number of nitrogens with two attached hydrogens (primary N) is 1. The molecule has 1 aromatic carbocycles. The van der Waals surface area contributed by atoms with Crippen LogP contribution in [0.3, 0.4) is 0 Å². The highest BCUT2D eigenvalue weighted by atomic mass is 16.5. The normalized spacial score (nSPS) is 9.78. The summed E-state index contributed by atoms with van der Waals surface area (Å²) in [6.07, 6.45) is 0. The Morgan fingerprint density at radius 2 is 2.28 bits per heavy atom. The number of nitrogens with zero attached hydrogens (tertiary/aromatic N) is 1. The number of methoxy groups -OCH3 is 1. The van der Waals surface area contributed by atoms with Crippen molar-refractivity contribution in [1.29, 1.82) is 5.26 Å². The number of carbonyl (C=O) groups is 1. The van der Waals surface area contributed by atoms with Crippen LogP contribution in [0.4, 0.5) is 11.4 Å². The second-order valence-corrected chi connectivity index (χ2v) is 3.51. The average molecular weight is 249 g/mol. The molecule has 1 aromatic rings. The summed E-state index contributed by atoms with van der Waals surface area (Å²) in [7, 11) is 1.55. The Balaban J connectivity index is 2.52. The number of amides is 1. The highest BCUT2D eigenvalue weighted by molar-refractivity contribution is 5.93. The maximum Gasteiger partial charge on any atom is 0.250 e. The van der Waals surface area contributed by atoms with Crippen molar-refractivity contribution >= 4 is 17.3 Å². The van der Waals surface area contributed by atoms with Crippen LogP contribution in [0.2, 0.25) is 0 Å². The minimum atomic E-state index is -0.327. The summed E-state index contributed by atoms with van der Waals surface area (Å²) >= 11 is 0. The Kier molecular flexibility index (Phi) is 5.64. The second kappa shape index (κ2) is 7.27. The van der Waals surface area contributed by atoms with Crippen LogP contribution in [0, 0.1) is 11.3 Å². The standard InChI is InChI=1S/C12H15N3O3/c1-17-4-5-18-8-12(16)15-11-3-2-10(14)6-9(11)7-13/h2-3,6H,4-5,8,14H2,1H3,(H,15,16). The van der Waals surface area contributed by atoms with Crippen molar-refractivity contribution in [1.82, 2.24) is 0 Å². The molecule has 0 aliphatic rings. The maximum absolute atomic E-state index is 11.5. The van der Waals surface area contributed by atoms with Crippen LogP contribution in [0.25, 0.3) is 0 Å². The van der Waals surface area contributed by atoms with Crippen LogP contribution in [0.15, 0.2) is 18.2 Å². The molecule has 96 valence electrons. The van der Waals surface area contributed by atoms with Gasteiger partial charge in [0.15, 0.2) is 0 Å². The van der Waals surface area contributed by atoms with Crippen molar-refractivity contribution < 1.29 is 14.3 Å². The number of nitrogen functional groups attached to an aromatic ring is 1. The van der Waals surface area contributed by atoms with Crippen molar-refractivity contribution in [2.45, 2.75) is 0 Å². The van der Waals surface area contributed by atoms with E-state index in [0.29, 0.717) is 30.2 Å². The Morgan fingerprint density at radius 1 is 1.50 bits per heavy atom. The molecule has 3 N–H and O–H groups in total. The van der Waals surface area contributed by atoms with Gasteiger partial charge in [0, 0.05) is 12.8 Å². The zero-order chi connectivity index (χ0) is 13.4. The van der Waals surface area contributed by atoms with E-state index in [1.165, 1.54) is 6.07 Å². The van der Waals surface area contributed by atoms with Gasteiger partial charge in [-0.15, -0.1) is 0 Å². The highest BCUT2D eigenvalue weighted by Crippen LogP contribution is 2.17. The van der Waals surface area contributed by atoms with Crippen molar-refractivity contribution in [3.05, 3.63) is 23.8 Å². The summed E-state index contributed by atoms with van der Waals surface area (Å²) in [5, 5.41) is 11.5. The van der Waals surface area contributed by atoms with Gasteiger partial charge in [0.05, 0.1) is 24.5 Å². The van der Waals surface area contributed by atoms with Gasteiger partial charge in [-0.1, -0.05) is 0 Å². The molecule has 0 spiro atoms. The maximum atomic E-state index is 11.5. The molecule has 0 saturated carbocycles. The molecule has 0 bridgehead atoms. The van der Waals surface area contributed by atoms with E-state index in [4.69, 9.17) is 20.5 Å². The van der Waals surface area contributed by atoms with E-state index in [1.807, 2.05) is 6.07 Å². The van der Waals surface area contributed by atoms with E-state index in [1.54, 1.807) is 19.2 Å². The molecular weight excluding hydrogens is 234 g/mol. The zero-order valence-corrected chi connectivity index (χ0v) is 10.1. The number of hydrogen-bond acceptors (Lipinski definition) is 5. The molecule has 6 nitrogen and oxygen atoms in total. The fraction of sp³-hybridized carbons (Fsp3) is 0.333. The van der Waals surface area contributed by atoms with Gasteiger partial charge < -0.3 is 20.5 Å². The van der Waals surface area contributed by atoms with Gasteiger partial charge in [-0.2, -0.15) is 5.26 Å². The summed E-state index contributed by atoms with van der Waals surface area (Å²) in [5.74, 6) is -0.327. The Hall–Kier alpha value is -2.10. The lowest BCUT2D eigenvalue weighted by molar-refractivity contribution is -0.121. The Bertz CT molecular complexity index is 454. The molecule has 0 aliphatic carbocycles. The first-order valence-corrected chi connectivity index (χ1v) is 5.33. The first-order valence-electron chi connectivity index (χ1n) is 5.33. The van der Waals surface area contributed by atoms with Gasteiger partial charge in [-0.25, -0.2) is 0 Å². The van der Waals surface area contributed by atoms with Gasteiger partial charge in [0.1, 0.15) is 12.7 Å². The van der Waals surface area contributed by atoms with Crippen molar-refractivity contribution in [2.75, 3.05) is 38.0 Å². The van der Waals surface area contributed by atoms with E-state index in [-0.39, 0.29) is 12.5 Å². The predicted octanol–water partition coefficient (Wildman–Crippen LogP) is 0.742. The third kappa shape index (κ3) is 4.41. The lowest BCUT2D eigenvalue weighted by atomic mass is 10.1. The highest BCUT2D eigenvalue weighted by Gasteiger charge is 2.07. The van der Waals surface area contributed by atoms with Crippen molar-refractivity contribution in [2.24, 2.45) is 0 Å². The van der Waals surface area contributed by atoms with E-state index in [9.17, 15) is 4.79 Å². The minimum Gasteiger partial charge on any atom is -0.399 e. The number of hydrogen-bond donors (Lipinski definition) is 2. The van der Waals surface area contributed by atoms with Crippen molar-refractivity contribution in [3.63, 3.8) is 0 Å². The summed E-state index contributed by atoms with van der Waals surface area (Å²) in [6, 6.07) is 6.66. The molecule has 0 aromatic heterocycles. The fourth-order valence-corrected chi connectivity index (χ4v) is 1.26. The van der Waals surface area contributed by atoms with E-state index >= 15 is 0 Å². The Morgan fingerprint density at radius 3 is 2.94 bits per heavy atom. The number of carbonyl (C=O) groups excluding carboxylic acids is 1. The molecule has 0 aliphatic heterocycles. The number of rotatable bonds is 6. The van der Waals surface area contributed by atoms with E-state index < -0.39 is 0 Å². The molecule has 0 unspecified atom stereocenters. The topological polar surface area (TPSA) is 97.4 Å². The lowest BCUT2D eigenvalue weighted by Crippen LogP contribution is -2.20. The van der Waals surface area contributed by atoms with Gasteiger partial charge in [-0.3, -0.25) is 4.79 Å². The first-order chi connectivity index (χ1) is 8.67. The number of nitriles is 1. The minimum absolute atomic E-state index is 0.0847. The first kappa shape index (κ1) is 14.0. The summed E-state index contributed by atoms with van der Waals surface area (Å²) < 4.78 is 9.84. The molecule has 0 saturated heterocycles. The van der Waals surface area contributed by atoms with E-state index in [2.05, 4.69) is 5.32 Å².